The van der Waals surface area contributed by atoms with Gasteiger partial charge in [-0.2, -0.15) is 13.2 Å². The summed E-state index contributed by atoms with van der Waals surface area (Å²) in [6.45, 7) is 0.534. The van der Waals surface area contributed by atoms with Crippen LogP contribution in [0.5, 0.6) is 0 Å². The SMILES string of the molecule is O=C(O)CC1CCCCN1c1cccc(C(F)(F)F)n1. The fourth-order valence-corrected chi connectivity index (χ4v) is 2.46. The Morgan fingerprint density at radius 1 is 1.40 bits per heavy atom. The summed E-state index contributed by atoms with van der Waals surface area (Å²) in [7, 11) is 0. The quantitative estimate of drug-likeness (QED) is 0.929. The average molecular weight is 288 g/mol. The molecule has 0 bridgehead atoms. The summed E-state index contributed by atoms with van der Waals surface area (Å²) in [5.41, 5.74) is -0.949. The first-order valence-corrected chi connectivity index (χ1v) is 6.40. The molecule has 1 aromatic rings. The van der Waals surface area contributed by atoms with Gasteiger partial charge in [-0.15, -0.1) is 0 Å². The molecular formula is C13H15F3N2O2. The number of aliphatic carboxylic acids is 1. The number of piperidine rings is 1. The third kappa shape index (κ3) is 3.40. The van der Waals surface area contributed by atoms with E-state index in [4.69, 9.17) is 5.11 Å². The van der Waals surface area contributed by atoms with E-state index in [1.165, 1.54) is 12.1 Å². The van der Waals surface area contributed by atoms with Crippen molar-refractivity contribution in [2.45, 2.75) is 37.9 Å². The van der Waals surface area contributed by atoms with Gasteiger partial charge < -0.3 is 10.0 Å². The zero-order valence-electron chi connectivity index (χ0n) is 10.7. The number of alkyl halides is 3. The van der Waals surface area contributed by atoms with Crippen LogP contribution in [-0.4, -0.2) is 28.6 Å². The molecule has 1 atom stereocenters. The average Bonchev–Trinajstić information content (AvgIpc) is 2.38. The molecule has 1 aliphatic rings. The normalized spacial score (nSPS) is 19.9. The maximum Gasteiger partial charge on any atom is 0.433 e. The summed E-state index contributed by atoms with van der Waals surface area (Å²) in [5.74, 6) is -0.750. The Morgan fingerprint density at radius 3 is 2.80 bits per heavy atom. The second kappa shape index (κ2) is 5.68. The highest BCUT2D eigenvalue weighted by Crippen LogP contribution is 2.31. The van der Waals surface area contributed by atoms with Gasteiger partial charge >= 0.3 is 12.1 Å². The van der Waals surface area contributed by atoms with E-state index in [0.29, 0.717) is 13.0 Å². The van der Waals surface area contributed by atoms with Gasteiger partial charge in [0.25, 0.3) is 0 Å². The molecule has 1 aliphatic heterocycles. The zero-order chi connectivity index (χ0) is 14.8. The minimum Gasteiger partial charge on any atom is -0.481 e. The Hall–Kier alpha value is -1.79. The molecule has 7 heteroatoms. The fraction of sp³-hybridized carbons (Fsp3) is 0.538. The van der Waals surface area contributed by atoms with Crippen LogP contribution in [0.25, 0.3) is 0 Å². The van der Waals surface area contributed by atoms with Gasteiger partial charge in [0, 0.05) is 12.6 Å². The van der Waals surface area contributed by atoms with E-state index in [1.807, 2.05) is 0 Å². The summed E-state index contributed by atoms with van der Waals surface area (Å²) >= 11 is 0. The molecule has 20 heavy (non-hydrogen) atoms. The Kier molecular flexibility index (Phi) is 4.15. The molecule has 4 nitrogen and oxygen atoms in total. The smallest absolute Gasteiger partial charge is 0.433 e. The molecule has 0 spiro atoms. The van der Waals surface area contributed by atoms with E-state index >= 15 is 0 Å². The van der Waals surface area contributed by atoms with Crippen LogP contribution in [0.4, 0.5) is 19.0 Å². The first kappa shape index (κ1) is 14.6. The van der Waals surface area contributed by atoms with Gasteiger partial charge in [0.2, 0.25) is 0 Å². The molecule has 110 valence electrons. The number of carbonyl (C=O) groups is 1. The third-order valence-corrected chi connectivity index (χ3v) is 3.36. The molecule has 1 saturated heterocycles. The lowest BCUT2D eigenvalue weighted by molar-refractivity contribution is -0.141. The predicted molar refractivity (Wildman–Crippen MR) is 66.5 cm³/mol. The van der Waals surface area contributed by atoms with Gasteiger partial charge in [-0.3, -0.25) is 4.79 Å². The number of hydrogen-bond acceptors (Lipinski definition) is 3. The van der Waals surface area contributed by atoms with Crippen LogP contribution in [0.3, 0.4) is 0 Å². The van der Waals surface area contributed by atoms with Crippen molar-refractivity contribution in [2.24, 2.45) is 0 Å². The van der Waals surface area contributed by atoms with E-state index in [-0.39, 0.29) is 18.3 Å². The van der Waals surface area contributed by atoms with Gasteiger partial charge in [0.05, 0.1) is 6.42 Å². The zero-order valence-corrected chi connectivity index (χ0v) is 10.7. The first-order valence-electron chi connectivity index (χ1n) is 6.40. The van der Waals surface area contributed by atoms with E-state index in [1.54, 1.807) is 4.90 Å². The molecule has 0 radical (unpaired) electrons. The molecule has 0 aromatic carbocycles. The molecule has 1 aromatic heterocycles. The molecule has 0 amide bonds. The van der Waals surface area contributed by atoms with Crippen molar-refractivity contribution >= 4 is 11.8 Å². The monoisotopic (exact) mass is 288 g/mol. The van der Waals surface area contributed by atoms with Crippen molar-refractivity contribution in [3.63, 3.8) is 0 Å². The summed E-state index contributed by atoms with van der Waals surface area (Å²) in [6, 6.07) is 3.42. The molecule has 2 rings (SSSR count). The number of anilines is 1. The lowest BCUT2D eigenvalue weighted by Gasteiger charge is -2.36. The Bertz CT molecular complexity index is 491. The summed E-state index contributed by atoms with van der Waals surface area (Å²) < 4.78 is 38.0. The van der Waals surface area contributed by atoms with Gasteiger partial charge in [-0.25, -0.2) is 4.98 Å². The minimum absolute atomic E-state index is 0.0854. The molecule has 0 saturated carbocycles. The van der Waals surface area contributed by atoms with Crippen LogP contribution in [-0.2, 0) is 11.0 Å². The van der Waals surface area contributed by atoms with Crippen molar-refractivity contribution < 1.29 is 23.1 Å². The highest BCUT2D eigenvalue weighted by Gasteiger charge is 2.34. The highest BCUT2D eigenvalue weighted by atomic mass is 19.4. The summed E-state index contributed by atoms with van der Waals surface area (Å²) in [5, 5.41) is 8.89. The number of hydrogen-bond donors (Lipinski definition) is 1. The van der Waals surface area contributed by atoms with Crippen LogP contribution in [0.2, 0.25) is 0 Å². The van der Waals surface area contributed by atoms with E-state index in [0.717, 1.165) is 18.9 Å². The van der Waals surface area contributed by atoms with Crippen molar-refractivity contribution in [3.8, 4) is 0 Å². The van der Waals surface area contributed by atoms with Crippen LogP contribution < -0.4 is 4.90 Å². The van der Waals surface area contributed by atoms with E-state index < -0.39 is 17.8 Å². The molecule has 2 heterocycles. The van der Waals surface area contributed by atoms with Crippen LogP contribution in [0, 0.1) is 0 Å². The fourth-order valence-electron chi connectivity index (χ4n) is 2.46. The van der Waals surface area contributed by atoms with Gasteiger partial charge in [0.15, 0.2) is 0 Å². The molecule has 1 N–H and O–H groups in total. The van der Waals surface area contributed by atoms with Gasteiger partial charge in [-0.1, -0.05) is 6.07 Å². The van der Waals surface area contributed by atoms with E-state index in [9.17, 15) is 18.0 Å². The number of halogens is 3. The third-order valence-electron chi connectivity index (χ3n) is 3.36. The molecule has 0 aliphatic carbocycles. The number of carboxylic acids is 1. The first-order chi connectivity index (χ1) is 9.38. The Balaban J connectivity index is 2.26. The molecule has 1 fully saturated rings. The second-order valence-electron chi connectivity index (χ2n) is 4.82. The van der Waals surface area contributed by atoms with Crippen LogP contribution >= 0.6 is 0 Å². The number of aromatic nitrogens is 1. The maximum absolute atomic E-state index is 12.7. The number of nitrogens with zero attached hydrogens (tertiary/aromatic N) is 2. The van der Waals surface area contributed by atoms with Crippen molar-refractivity contribution in [1.29, 1.82) is 0 Å². The van der Waals surface area contributed by atoms with Crippen molar-refractivity contribution in [1.82, 2.24) is 4.98 Å². The van der Waals surface area contributed by atoms with Crippen LogP contribution in [0.1, 0.15) is 31.4 Å². The van der Waals surface area contributed by atoms with Gasteiger partial charge in [0.1, 0.15) is 11.5 Å². The molecular weight excluding hydrogens is 273 g/mol. The Labute approximate surface area is 114 Å². The van der Waals surface area contributed by atoms with Crippen LogP contribution in [0.15, 0.2) is 18.2 Å². The number of rotatable bonds is 3. The highest BCUT2D eigenvalue weighted by molar-refractivity contribution is 5.68. The van der Waals surface area contributed by atoms with Gasteiger partial charge in [-0.05, 0) is 31.4 Å². The van der Waals surface area contributed by atoms with Crippen molar-refractivity contribution in [3.05, 3.63) is 23.9 Å². The number of carboxylic acid groups (broad SMARTS) is 1. The topological polar surface area (TPSA) is 53.4 Å². The minimum atomic E-state index is -4.49. The summed E-state index contributed by atoms with van der Waals surface area (Å²) in [4.78, 5) is 16.2. The lowest BCUT2D eigenvalue weighted by Crippen LogP contribution is -2.41. The maximum atomic E-state index is 12.7. The summed E-state index contributed by atoms with van der Waals surface area (Å²) in [6.07, 6.45) is -2.21. The predicted octanol–water partition coefficient (Wildman–Crippen LogP) is 2.93. The Morgan fingerprint density at radius 2 is 2.15 bits per heavy atom. The van der Waals surface area contributed by atoms with Crippen molar-refractivity contribution in [2.75, 3.05) is 11.4 Å². The largest absolute Gasteiger partial charge is 0.481 e. The number of pyridine rings is 1. The molecule has 1 unspecified atom stereocenters. The standard InChI is InChI=1S/C13H15F3N2O2/c14-13(15,16)10-5-3-6-11(17-10)18-7-2-1-4-9(18)8-12(19)20/h3,5-6,9H,1-2,4,7-8H2,(H,19,20). The lowest BCUT2D eigenvalue weighted by atomic mass is 9.99. The second-order valence-corrected chi connectivity index (χ2v) is 4.82. The van der Waals surface area contributed by atoms with E-state index in [2.05, 4.69) is 4.98 Å².